The third-order valence-electron chi connectivity index (χ3n) is 5.06. The van der Waals surface area contributed by atoms with Gasteiger partial charge in [-0.15, -0.1) is 11.6 Å². The topological polar surface area (TPSA) is 73.7 Å². The highest BCUT2D eigenvalue weighted by Gasteiger charge is 2.11. The molecule has 0 bridgehead atoms. The predicted octanol–water partition coefficient (Wildman–Crippen LogP) is 6.27. The van der Waals surface area contributed by atoms with Gasteiger partial charge >= 0.3 is 0 Å². The summed E-state index contributed by atoms with van der Waals surface area (Å²) in [7, 11) is 0. The Kier molecular flexibility index (Phi) is 6.21. The second-order valence-electron chi connectivity index (χ2n) is 6.97. The Balaban J connectivity index is 1.71. The molecule has 0 aliphatic rings. The highest BCUT2D eigenvalue weighted by atomic mass is 35.5. The van der Waals surface area contributed by atoms with Gasteiger partial charge in [0.15, 0.2) is 0 Å². The molecule has 0 radical (unpaired) electrons. The number of halogens is 1. The normalized spacial score (nSPS) is 11.0. The number of H-pyrrole nitrogens is 1. The molecule has 0 amide bonds. The molecule has 0 aliphatic carbocycles. The lowest BCUT2D eigenvalue weighted by Gasteiger charge is -2.14. The average Bonchev–Trinajstić information content (AvgIpc) is 3.29. The summed E-state index contributed by atoms with van der Waals surface area (Å²) in [5, 5.41) is 14.3. The van der Waals surface area contributed by atoms with Crippen LogP contribution in [0.1, 0.15) is 22.3 Å². The van der Waals surface area contributed by atoms with E-state index in [1.54, 1.807) is 12.4 Å². The van der Waals surface area contributed by atoms with Gasteiger partial charge in [0.2, 0.25) is 0 Å². The first-order chi connectivity index (χ1) is 15.2. The first kappa shape index (κ1) is 20.5. The highest BCUT2D eigenvalue weighted by Crippen LogP contribution is 2.31. The number of pyridine rings is 1. The van der Waals surface area contributed by atoms with Crippen LogP contribution in [0.5, 0.6) is 5.75 Å². The molecule has 0 unspecified atom stereocenters. The van der Waals surface area contributed by atoms with Gasteiger partial charge in [-0.1, -0.05) is 30.4 Å². The number of alkyl halides is 1. The van der Waals surface area contributed by atoms with Crippen molar-refractivity contribution in [3.05, 3.63) is 83.3 Å². The molecule has 0 atom stereocenters. The Bertz CT molecular complexity index is 1290. The molecule has 6 heteroatoms. The number of fused-ring (bicyclic) bond motifs is 1. The monoisotopic (exact) mass is 428 g/mol. The van der Waals surface area contributed by atoms with Crippen molar-refractivity contribution in [2.75, 3.05) is 17.8 Å². The van der Waals surface area contributed by atoms with Gasteiger partial charge in [-0.25, -0.2) is 0 Å². The molecule has 154 valence electrons. The minimum absolute atomic E-state index is 0.422. The van der Waals surface area contributed by atoms with Gasteiger partial charge in [0.05, 0.1) is 17.1 Å². The number of aryl methyl sites for hydroxylation is 1. The molecule has 0 saturated carbocycles. The van der Waals surface area contributed by atoms with Crippen molar-refractivity contribution in [3.8, 4) is 11.8 Å². The van der Waals surface area contributed by atoms with Crippen LogP contribution >= 0.6 is 11.6 Å². The zero-order valence-electron chi connectivity index (χ0n) is 17.0. The van der Waals surface area contributed by atoms with Crippen LogP contribution in [0.15, 0.2) is 61.1 Å². The summed E-state index contributed by atoms with van der Waals surface area (Å²) >= 11 is 5.76. The van der Waals surface area contributed by atoms with Crippen LogP contribution in [-0.4, -0.2) is 22.5 Å². The van der Waals surface area contributed by atoms with Crippen LogP contribution in [0, 0.1) is 18.3 Å². The molecule has 0 aliphatic heterocycles. The summed E-state index contributed by atoms with van der Waals surface area (Å²) in [6.07, 6.45) is 9.12. The van der Waals surface area contributed by atoms with Crippen LogP contribution in [0.3, 0.4) is 0 Å². The number of rotatable bonds is 7. The standard InChI is InChI=1S/C25H21ClN4O/c1-17-21-10-12-29-23(21)9-8-22(17)30-25-19(15-28-16-20(25)14-27)7-6-18-4-2-3-5-24(18)31-13-11-26/h2-10,12,15-16,29H,11,13H2,1H3,(H,28,30)/b7-6+. The maximum Gasteiger partial charge on any atom is 0.126 e. The second-order valence-corrected chi connectivity index (χ2v) is 7.35. The molecule has 2 aromatic heterocycles. The van der Waals surface area contributed by atoms with Gasteiger partial charge in [-0.2, -0.15) is 5.26 Å². The summed E-state index contributed by atoms with van der Waals surface area (Å²) in [4.78, 5) is 7.46. The smallest absolute Gasteiger partial charge is 0.126 e. The number of hydrogen-bond donors (Lipinski definition) is 2. The first-order valence-electron chi connectivity index (χ1n) is 9.89. The van der Waals surface area contributed by atoms with Crippen LogP contribution < -0.4 is 10.1 Å². The molecule has 2 heterocycles. The van der Waals surface area contributed by atoms with E-state index in [-0.39, 0.29) is 0 Å². The van der Waals surface area contributed by atoms with Crippen molar-refractivity contribution < 1.29 is 4.74 Å². The Morgan fingerprint density at radius 2 is 1.97 bits per heavy atom. The zero-order valence-corrected chi connectivity index (χ0v) is 17.8. The lowest BCUT2D eigenvalue weighted by Crippen LogP contribution is -2.00. The maximum atomic E-state index is 9.66. The molecular formula is C25H21ClN4O. The van der Waals surface area contributed by atoms with E-state index in [9.17, 15) is 5.26 Å². The number of benzene rings is 2. The molecular weight excluding hydrogens is 408 g/mol. The molecule has 0 fully saturated rings. The number of hydrogen-bond acceptors (Lipinski definition) is 4. The second kappa shape index (κ2) is 9.38. The van der Waals surface area contributed by atoms with Gasteiger partial charge < -0.3 is 15.0 Å². The van der Waals surface area contributed by atoms with Crippen molar-refractivity contribution in [1.82, 2.24) is 9.97 Å². The van der Waals surface area contributed by atoms with Gasteiger partial charge in [0, 0.05) is 46.3 Å². The predicted molar refractivity (Wildman–Crippen MR) is 127 cm³/mol. The van der Waals surface area contributed by atoms with Crippen LogP contribution in [0.4, 0.5) is 11.4 Å². The Morgan fingerprint density at radius 3 is 2.81 bits per heavy atom. The minimum Gasteiger partial charge on any atom is -0.492 e. The molecule has 4 aromatic rings. The number of para-hydroxylation sites is 1. The zero-order chi connectivity index (χ0) is 21.6. The van der Waals surface area contributed by atoms with E-state index in [0.717, 1.165) is 39.0 Å². The molecule has 0 saturated heterocycles. The number of anilines is 2. The van der Waals surface area contributed by atoms with Crippen molar-refractivity contribution in [2.45, 2.75) is 6.92 Å². The summed E-state index contributed by atoms with van der Waals surface area (Å²) in [6, 6.07) is 16.1. The minimum atomic E-state index is 0.422. The summed E-state index contributed by atoms with van der Waals surface area (Å²) in [5.41, 5.74) is 6.04. The number of nitriles is 1. The molecule has 2 N–H and O–H groups in total. The van der Waals surface area contributed by atoms with E-state index in [0.29, 0.717) is 23.7 Å². The SMILES string of the molecule is Cc1c(Nc2c(C#N)cncc2/C=C/c2ccccc2OCCCl)ccc2[nH]ccc12. The van der Waals surface area contributed by atoms with E-state index < -0.39 is 0 Å². The Labute approximate surface area is 186 Å². The quantitative estimate of drug-likeness (QED) is 0.340. The van der Waals surface area contributed by atoms with Crippen LogP contribution in [0.2, 0.25) is 0 Å². The van der Waals surface area contributed by atoms with Gasteiger partial charge in [0.25, 0.3) is 0 Å². The highest BCUT2D eigenvalue weighted by molar-refractivity contribution is 6.18. The molecule has 0 spiro atoms. The van der Waals surface area contributed by atoms with Crippen molar-refractivity contribution >= 4 is 46.0 Å². The van der Waals surface area contributed by atoms with Gasteiger partial charge in [-0.05, 0) is 36.8 Å². The fourth-order valence-corrected chi connectivity index (χ4v) is 3.54. The van der Waals surface area contributed by atoms with E-state index in [2.05, 4.69) is 28.3 Å². The Hall–Kier alpha value is -3.75. The van der Waals surface area contributed by atoms with E-state index in [1.165, 1.54) is 0 Å². The van der Waals surface area contributed by atoms with E-state index >= 15 is 0 Å². The van der Waals surface area contributed by atoms with Gasteiger partial charge in [-0.3, -0.25) is 4.98 Å². The fourth-order valence-electron chi connectivity index (χ4n) is 3.46. The third kappa shape index (κ3) is 4.40. The summed E-state index contributed by atoms with van der Waals surface area (Å²) in [6.45, 7) is 2.50. The molecule has 2 aromatic carbocycles. The van der Waals surface area contributed by atoms with E-state index in [4.69, 9.17) is 16.3 Å². The number of aromatic nitrogens is 2. The number of nitrogens with one attached hydrogen (secondary N) is 2. The summed E-state index contributed by atoms with van der Waals surface area (Å²) < 4.78 is 5.72. The maximum absolute atomic E-state index is 9.66. The largest absolute Gasteiger partial charge is 0.492 e. The Morgan fingerprint density at radius 1 is 1.13 bits per heavy atom. The number of nitrogens with zero attached hydrogens (tertiary/aromatic N) is 2. The van der Waals surface area contributed by atoms with Crippen LogP contribution in [0.25, 0.3) is 23.1 Å². The molecule has 31 heavy (non-hydrogen) atoms. The lowest BCUT2D eigenvalue weighted by atomic mass is 10.1. The first-order valence-corrected chi connectivity index (χ1v) is 10.4. The molecule has 4 rings (SSSR count). The average molecular weight is 429 g/mol. The van der Waals surface area contributed by atoms with Crippen molar-refractivity contribution in [3.63, 3.8) is 0 Å². The van der Waals surface area contributed by atoms with E-state index in [1.807, 2.05) is 60.8 Å². The van der Waals surface area contributed by atoms with Crippen molar-refractivity contribution in [1.29, 1.82) is 5.26 Å². The number of aromatic amines is 1. The van der Waals surface area contributed by atoms with Crippen molar-refractivity contribution in [2.24, 2.45) is 0 Å². The summed E-state index contributed by atoms with van der Waals surface area (Å²) in [5.74, 6) is 1.18. The van der Waals surface area contributed by atoms with Gasteiger partial charge in [0.1, 0.15) is 18.4 Å². The third-order valence-corrected chi connectivity index (χ3v) is 5.21. The van der Waals surface area contributed by atoms with Crippen LogP contribution in [-0.2, 0) is 0 Å². The fraction of sp³-hybridized carbons (Fsp3) is 0.120. The number of ether oxygens (including phenoxy) is 1. The lowest BCUT2D eigenvalue weighted by molar-refractivity contribution is 0.342. The molecule has 5 nitrogen and oxygen atoms in total.